The smallest absolute Gasteiger partial charge is 0.323 e. The van der Waals surface area contributed by atoms with E-state index in [4.69, 9.17) is 9.47 Å². The molecule has 1 heterocycles. The zero-order valence-electron chi connectivity index (χ0n) is 26.4. The number of hydrogen-bond acceptors (Lipinski definition) is 7. The van der Waals surface area contributed by atoms with Crippen LogP contribution in [0.5, 0.6) is 11.5 Å². The molecule has 3 amide bonds. The van der Waals surface area contributed by atoms with Gasteiger partial charge in [0.1, 0.15) is 11.9 Å². The van der Waals surface area contributed by atoms with Crippen molar-refractivity contribution in [3.05, 3.63) is 103 Å². The Morgan fingerprint density at radius 1 is 0.979 bits per heavy atom. The lowest BCUT2D eigenvalue weighted by atomic mass is 10.0. The van der Waals surface area contributed by atoms with Crippen LogP contribution in [0.1, 0.15) is 17.3 Å². The minimum Gasteiger partial charge on any atom is -0.497 e. The first kappa shape index (κ1) is 33.5. The number of amides is 3. The number of nitrogens with one attached hydrogen (secondary N) is 2. The van der Waals surface area contributed by atoms with Gasteiger partial charge in [-0.05, 0) is 59.7 Å². The quantitative estimate of drug-likeness (QED) is 0.214. The summed E-state index contributed by atoms with van der Waals surface area (Å²) in [5, 5.41) is 15.4. The number of sulfonamides is 1. The number of anilines is 2. The standard InChI is InChI=1S/C35H38N4O7S/c1-24-22-39(19-20-40)34(41)30-13-8-14-31(37-35(42)36-27-12-7-11-26(21-27)25-9-5-4-6-10-25)33(30)46-32(24)23-38(2)47(43,44)29-17-15-28(45-3)16-18-29/h4-18,21,24,32,40H,19-20,22-23H2,1-3H3,(H2,36,37,42)/t24?,32-/m0/s1. The van der Waals surface area contributed by atoms with Gasteiger partial charge in [0.05, 0.1) is 36.4 Å². The second-order valence-corrected chi connectivity index (χ2v) is 13.3. The number of carbonyl (C=O) groups is 2. The highest BCUT2D eigenvalue weighted by Gasteiger charge is 2.35. The van der Waals surface area contributed by atoms with Gasteiger partial charge >= 0.3 is 6.03 Å². The Kier molecular flexibility index (Phi) is 10.4. The maximum atomic E-state index is 13.6. The number of fused-ring (bicyclic) bond motifs is 1. The summed E-state index contributed by atoms with van der Waals surface area (Å²) in [6.07, 6.45) is -0.727. The highest BCUT2D eigenvalue weighted by Crippen LogP contribution is 2.35. The van der Waals surface area contributed by atoms with Crippen LogP contribution in [0.15, 0.2) is 102 Å². The van der Waals surface area contributed by atoms with Crippen LogP contribution in [0.25, 0.3) is 11.1 Å². The molecule has 2 atom stereocenters. The molecule has 0 saturated carbocycles. The third-order valence-electron chi connectivity index (χ3n) is 8.00. The number of ether oxygens (including phenoxy) is 2. The molecule has 47 heavy (non-hydrogen) atoms. The van der Waals surface area contributed by atoms with Crippen LogP contribution in [0.2, 0.25) is 0 Å². The van der Waals surface area contributed by atoms with Gasteiger partial charge in [0.2, 0.25) is 10.0 Å². The molecule has 12 heteroatoms. The van der Waals surface area contributed by atoms with Gasteiger partial charge in [-0.3, -0.25) is 4.79 Å². The Bertz CT molecular complexity index is 1820. The van der Waals surface area contributed by atoms with Gasteiger partial charge in [-0.15, -0.1) is 0 Å². The van der Waals surface area contributed by atoms with E-state index in [9.17, 15) is 23.1 Å². The summed E-state index contributed by atoms with van der Waals surface area (Å²) in [6.45, 7) is 1.83. The maximum absolute atomic E-state index is 13.6. The highest BCUT2D eigenvalue weighted by atomic mass is 32.2. The minimum absolute atomic E-state index is 0.0526. The first-order chi connectivity index (χ1) is 22.6. The van der Waals surface area contributed by atoms with E-state index in [2.05, 4.69) is 10.6 Å². The van der Waals surface area contributed by atoms with Crippen molar-refractivity contribution in [3.8, 4) is 22.6 Å². The average molecular weight is 659 g/mol. The third-order valence-corrected chi connectivity index (χ3v) is 9.83. The molecule has 1 aliphatic heterocycles. The summed E-state index contributed by atoms with van der Waals surface area (Å²) in [6, 6.07) is 27.5. The second-order valence-electron chi connectivity index (χ2n) is 11.3. The van der Waals surface area contributed by atoms with E-state index in [1.807, 2.05) is 55.5 Å². The van der Waals surface area contributed by atoms with Crippen molar-refractivity contribution >= 4 is 33.3 Å². The molecule has 0 saturated heterocycles. The zero-order chi connectivity index (χ0) is 33.6. The van der Waals surface area contributed by atoms with Crippen LogP contribution in [0.3, 0.4) is 0 Å². The lowest BCUT2D eigenvalue weighted by Crippen LogP contribution is -2.48. The van der Waals surface area contributed by atoms with Crippen molar-refractivity contribution in [1.82, 2.24) is 9.21 Å². The average Bonchev–Trinajstić information content (AvgIpc) is 3.08. The molecule has 0 aliphatic carbocycles. The molecule has 0 spiro atoms. The largest absolute Gasteiger partial charge is 0.497 e. The molecule has 0 aromatic heterocycles. The first-order valence-corrected chi connectivity index (χ1v) is 16.6. The summed E-state index contributed by atoms with van der Waals surface area (Å²) in [5.41, 5.74) is 2.90. The van der Waals surface area contributed by atoms with Crippen molar-refractivity contribution in [2.45, 2.75) is 17.9 Å². The van der Waals surface area contributed by atoms with Crippen molar-refractivity contribution in [2.24, 2.45) is 5.92 Å². The number of aliphatic hydroxyl groups is 1. The maximum Gasteiger partial charge on any atom is 0.323 e. The SMILES string of the molecule is COc1ccc(S(=O)(=O)N(C)C[C@@H]2Oc3c(NC(=O)Nc4cccc(-c5ccccc5)c4)cccc3C(=O)N(CCO)CC2C)cc1. The number of carbonyl (C=O) groups excluding carboxylic acids is 2. The molecule has 1 aliphatic rings. The molecule has 246 valence electrons. The van der Waals surface area contributed by atoms with Crippen LogP contribution in [0.4, 0.5) is 16.2 Å². The van der Waals surface area contributed by atoms with E-state index in [0.29, 0.717) is 11.4 Å². The van der Waals surface area contributed by atoms with Gasteiger partial charge in [0.25, 0.3) is 5.91 Å². The van der Waals surface area contributed by atoms with Crippen LogP contribution >= 0.6 is 0 Å². The number of para-hydroxylation sites is 1. The molecular formula is C35H38N4O7S. The van der Waals surface area contributed by atoms with E-state index < -0.39 is 22.2 Å². The summed E-state index contributed by atoms with van der Waals surface area (Å²) in [4.78, 5) is 28.5. The Morgan fingerprint density at radius 2 is 1.68 bits per heavy atom. The summed E-state index contributed by atoms with van der Waals surface area (Å²) in [5.74, 6) is -0.0878. The Morgan fingerprint density at radius 3 is 2.38 bits per heavy atom. The first-order valence-electron chi connectivity index (χ1n) is 15.1. The van der Waals surface area contributed by atoms with Gasteiger partial charge in [0.15, 0.2) is 5.75 Å². The Labute approximate surface area is 274 Å². The molecule has 3 N–H and O–H groups in total. The fourth-order valence-electron chi connectivity index (χ4n) is 5.42. The third kappa shape index (κ3) is 7.74. The van der Waals surface area contributed by atoms with Crippen LogP contribution < -0.4 is 20.1 Å². The zero-order valence-corrected chi connectivity index (χ0v) is 27.2. The van der Waals surface area contributed by atoms with E-state index in [0.717, 1.165) is 11.1 Å². The lowest BCUT2D eigenvalue weighted by molar-refractivity contribution is 0.0512. The molecule has 0 radical (unpaired) electrons. The van der Waals surface area contributed by atoms with Crippen LogP contribution in [-0.4, -0.2) is 81.2 Å². The Balaban J connectivity index is 1.42. The van der Waals surface area contributed by atoms with Crippen molar-refractivity contribution in [1.29, 1.82) is 0 Å². The van der Waals surface area contributed by atoms with Crippen molar-refractivity contribution in [3.63, 3.8) is 0 Å². The molecule has 4 aromatic rings. The van der Waals surface area contributed by atoms with Crippen molar-refractivity contribution < 1.29 is 32.6 Å². The fourth-order valence-corrected chi connectivity index (χ4v) is 6.60. The number of aliphatic hydroxyl groups excluding tert-OH is 1. The molecule has 11 nitrogen and oxygen atoms in total. The second kappa shape index (κ2) is 14.7. The summed E-state index contributed by atoms with van der Waals surface area (Å²) < 4.78 is 39.8. The fraction of sp³-hybridized carbons (Fsp3) is 0.257. The van der Waals surface area contributed by atoms with E-state index in [1.165, 1.54) is 35.5 Å². The van der Waals surface area contributed by atoms with Crippen LogP contribution in [-0.2, 0) is 10.0 Å². The number of methoxy groups -OCH3 is 1. The molecular weight excluding hydrogens is 620 g/mol. The van der Waals surface area contributed by atoms with Gasteiger partial charge in [-0.25, -0.2) is 13.2 Å². The molecule has 5 rings (SSSR count). The summed E-state index contributed by atoms with van der Waals surface area (Å²) >= 11 is 0. The number of likely N-dealkylation sites (N-methyl/N-ethyl adjacent to an activating group) is 1. The summed E-state index contributed by atoms with van der Waals surface area (Å²) in [7, 11) is -0.942. The van der Waals surface area contributed by atoms with Gasteiger partial charge in [-0.2, -0.15) is 4.31 Å². The van der Waals surface area contributed by atoms with Crippen molar-refractivity contribution in [2.75, 3.05) is 51.0 Å². The predicted molar refractivity (Wildman–Crippen MR) is 180 cm³/mol. The van der Waals surface area contributed by atoms with Gasteiger partial charge in [-0.1, -0.05) is 55.5 Å². The van der Waals surface area contributed by atoms with E-state index in [-0.39, 0.29) is 60.0 Å². The Hall–Kier alpha value is -4.91. The van der Waals surface area contributed by atoms with E-state index >= 15 is 0 Å². The minimum atomic E-state index is -3.91. The monoisotopic (exact) mass is 658 g/mol. The van der Waals surface area contributed by atoms with Crippen LogP contribution in [0, 0.1) is 5.92 Å². The number of nitrogens with zero attached hydrogens (tertiary/aromatic N) is 2. The molecule has 0 fully saturated rings. The highest BCUT2D eigenvalue weighted by molar-refractivity contribution is 7.89. The number of benzene rings is 4. The number of urea groups is 1. The number of hydrogen-bond donors (Lipinski definition) is 3. The molecule has 4 aromatic carbocycles. The lowest BCUT2D eigenvalue weighted by Gasteiger charge is -2.36. The molecule has 1 unspecified atom stereocenters. The predicted octanol–water partition coefficient (Wildman–Crippen LogP) is 5.16. The topological polar surface area (TPSA) is 138 Å². The number of rotatable bonds is 10. The van der Waals surface area contributed by atoms with Gasteiger partial charge < -0.3 is 30.1 Å². The normalized spacial score (nSPS) is 16.4. The molecule has 0 bridgehead atoms. The van der Waals surface area contributed by atoms with E-state index in [1.54, 1.807) is 36.4 Å². The van der Waals surface area contributed by atoms with Gasteiger partial charge in [0, 0.05) is 31.7 Å². The number of β-amino-alcohol motifs (C(OH)–C–C–N with tert-alkyl or cyclic N) is 1.